The highest BCUT2D eigenvalue weighted by molar-refractivity contribution is 5.89. The van der Waals surface area contributed by atoms with Gasteiger partial charge >= 0.3 is 5.97 Å². The van der Waals surface area contributed by atoms with Gasteiger partial charge in [0.1, 0.15) is 6.10 Å². The molecule has 4 aliphatic rings. The lowest BCUT2D eigenvalue weighted by atomic mass is 9.55. The zero-order chi connectivity index (χ0) is 29.8. The molecule has 0 bridgehead atoms. The Hall–Kier alpha value is -1.91. The Morgan fingerprint density at radius 1 is 0.927 bits per heavy atom. The summed E-state index contributed by atoms with van der Waals surface area (Å²) in [5.74, 6) is 1.66. The fraction of sp³-hybridized carbons (Fsp3) is 0.703. The lowest BCUT2D eigenvalue weighted by Crippen LogP contribution is -2.56. The molecule has 4 heteroatoms. The maximum atomic E-state index is 13.0. The van der Waals surface area contributed by atoms with E-state index in [9.17, 15) is 9.90 Å². The van der Waals surface area contributed by atoms with Gasteiger partial charge in [-0.15, -0.1) is 0 Å². The SMILES string of the molecule is CC1=CC[C@H]2[C@@H]1CC=C(C)[C@@H](CC[C@H]1[C@]3(C)CC[C@H](OC(=O)c4ccccc4)C(C)(C)O[C@H]3CC[C@@]1(C)O)C2(C)C. The highest BCUT2D eigenvalue weighted by atomic mass is 16.6. The number of fused-ring (bicyclic) bond motifs is 2. The Balaban J connectivity index is 1.37. The zero-order valence-electron chi connectivity index (χ0n) is 26.8. The van der Waals surface area contributed by atoms with Gasteiger partial charge < -0.3 is 14.6 Å². The molecule has 41 heavy (non-hydrogen) atoms. The van der Waals surface area contributed by atoms with Gasteiger partial charge in [-0.05, 0) is 133 Å². The molecule has 4 nitrogen and oxygen atoms in total. The number of hydrogen-bond acceptors (Lipinski definition) is 4. The number of rotatable bonds is 5. The summed E-state index contributed by atoms with van der Waals surface area (Å²) in [5.41, 5.74) is 2.31. The molecule has 3 aliphatic carbocycles. The minimum atomic E-state index is -0.750. The molecule has 1 aromatic carbocycles. The molecule has 1 saturated heterocycles. The maximum absolute atomic E-state index is 13.0. The van der Waals surface area contributed by atoms with Crippen molar-refractivity contribution in [2.45, 2.75) is 130 Å². The molecule has 0 unspecified atom stereocenters. The van der Waals surface area contributed by atoms with Crippen LogP contribution in [0.1, 0.15) is 117 Å². The molecule has 8 atom stereocenters. The van der Waals surface area contributed by atoms with Crippen LogP contribution >= 0.6 is 0 Å². The number of hydrogen-bond donors (Lipinski definition) is 1. The first-order chi connectivity index (χ1) is 19.2. The topological polar surface area (TPSA) is 55.8 Å². The van der Waals surface area contributed by atoms with Crippen LogP contribution in [0.25, 0.3) is 0 Å². The van der Waals surface area contributed by atoms with Crippen molar-refractivity contribution in [3.8, 4) is 0 Å². The van der Waals surface area contributed by atoms with Gasteiger partial charge in [0.15, 0.2) is 0 Å². The fourth-order valence-electron chi connectivity index (χ4n) is 9.59. The highest BCUT2D eigenvalue weighted by Crippen LogP contribution is 2.58. The molecule has 1 N–H and O–H groups in total. The standard InChI is InChI=1S/C37H54O4/c1-24-15-17-29-27(24)16-14-25(2)28(34(29,3)4)18-19-30-36(7)22-20-31(40-33(38)26-12-10-9-11-13-26)35(5,6)41-32(36)21-23-37(30,8)39/h9-15,27-32,39H,16-23H2,1-8H3/t27-,28-,29+,30+,31+,32+,36+,37-/m1/s1. The first-order valence-corrected chi connectivity index (χ1v) is 16.2. The second-order valence-electron chi connectivity index (χ2n) is 15.5. The van der Waals surface area contributed by atoms with Crippen LogP contribution in [0.2, 0.25) is 0 Å². The Morgan fingerprint density at radius 3 is 2.32 bits per heavy atom. The second kappa shape index (κ2) is 11.0. The van der Waals surface area contributed by atoms with Crippen LogP contribution in [0.15, 0.2) is 53.6 Å². The van der Waals surface area contributed by atoms with Gasteiger partial charge in [0.05, 0.1) is 22.9 Å². The third-order valence-electron chi connectivity index (χ3n) is 12.2. The van der Waals surface area contributed by atoms with E-state index in [2.05, 4.69) is 67.5 Å². The van der Waals surface area contributed by atoms with Gasteiger partial charge in [0.25, 0.3) is 0 Å². The average molecular weight is 563 g/mol. The van der Waals surface area contributed by atoms with Crippen molar-refractivity contribution in [2.24, 2.45) is 34.5 Å². The first kappa shape index (κ1) is 30.5. The van der Waals surface area contributed by atoms with E-state index < -0.39 is 11.2 Å². The van der Waals surface area contributed by atoms with Gasteiger partial charge in [0, 0.05) is 0 Å². The Bertz CT molecular complexity index is 1170. The average Bonchev–Trinajstić information content (AvgIpc) is 3.21. The van der Waals surface area contributed by atoms with Gasteiger partial charge in [-0.3, -0.25) is 0 Å². The summed E-state index contributed by atoms with van der Waals surface area (Å²) in [5, 5.41) is 11.9. The molecular formula is C37H54O4. The Kier molecular flexibility index (Phi) is 8.18. The minimum Gasteiger partial charge on any atom is -0.456 e. The molecule has 1 saturated carbocycles. The molecule has 0 aromatic heterocycles. The summed E-state index contributed by atoms with van der Waals surface area (Å²) in [7, 11) is 0. The molecule has 0 spiro atoms. The number of carbonyl (C=O) groups is 1. The predicted molar refractivity (Wildman–Crippen MR) is 166 cm³/mol. The first-order valence-electron chi connectivity index (χ1n) is 16.2. The predicted octanol–water partition coefficient (Wildman–Crippen LogP) is 8.69. The van der Waals surface area contributed by atoms with Crippen molar-refractivity contribution in [2.75, 3.05) is 0 Å². The van der Waals surface area contributed by atoms with E-state index in [1.807, 2.05) is 18.2 Å². The summed E-state index contributed by atoms with van der Waals surface area (Å²) in [6.07, 6.45) is 12.2. The number of aliphatic hydroxyl groups is 1. The maximum Gasteiger partial charge on any atom is 0.338 e. The highest BCUT2D eigenvalue weighted by Gasteiger charge is 2.57. The van der Waals surface area contributed by atoms with Crippen molar-refractivity contribution < 1.29 is 19.4 Å². The van der Waals surface area contributed by atoms with E-state index in [1.54, 1.807) is 17.7 Å². The third kappa shape index (κ3) is 5.60. The molecule has 2 fully saturated rings. The van der Waals surface area contributed by atoms with Crippen LogP contribution in [0.4, 0.5) is 0 Å². The van der Waals surface area contributed by atoms with Crippen LogP contribution < -0.4 is 0 Å². The monoisotopic (exact) mass is 562 g/mol. The van der Waals surface area contributed by atoms with Gasteiger partial charge in [-0.1, -0.05) is 62.3 Å². The molecular weight excluding hydrogens is 508 g/mol. The van der Waals surface area contributed by atoms with E-state index in [-0.39, 0.29) is 34.9 Å². The van der Waals surface area contributed by atoms with Crippen molar-refractivity contribution in [3.05, 3.63) is 59.2 Å². The fourth-order valence-corrected chi connectivity index (χ4v) is 9.59. The molecule has 226 valence electrons. The normalized spacial score (nSPS) is 39.8. The van der Waals surface area contributed by atoms with Crippen molar-refractivity contribution in [3.63, 3.8) is 0 Å². The van der Waals surface area contributed by atoms with Crippen molar-refractivity contribution in [1.82, 2.24) is 0 Å². The molecule has 1 aromatic rings. The van der Waals surface area contributed by atoms with Gasteiger partial charge in [-0.2, -0.15) is 0 Å². The smallest absolute Gasteiger partial charge is 0.338 e. The quantitative estimate of drug-likeness (QED) is 0.288. The van der Waals surface area contributed by atoms with Gasteiger partial charge in [-0.25, -0.2) is 4.79 Å². The molecule has 1 aliphatic heterocycles. The lowest BCUT2D eigenvalue weighted by molar-refractivity contribution is -0.206. The molecule has 1 heterocycles. The summed E-state index contributed by atoms with van der Waals surface area (Å²) < 4.78 is 13.0. The number of allylic oxidation sites excluding steroid dienone is 4. The van der Waals surface area contributed by atoms with E-state index >= 15 is 0 Å². The van der Waals surface area contributed by atoms with Crippen LogP contribution in [0.3, 0.4) is 0 Å². The van der Waals surface area contributed by atoms with E-state index in [1.165, 1.54) is 12.0 Å². The molecule has 0 radical (unpaired) electrons. The second-order valence-corrected chi connectivity index (χ2v) is 15.5. The van der Waals surface area contributed by atoms with Gasteiger partial charge in [0.2, 0.25) is 0 Å². The summed E-state index contributed by atoms with van der Waals surface area (Å²) in [6, 6.07) is 9.25. The Labute approximate surface area is 249 Å². The summed E-state index contributed by atoms with van der Waals surface area (Å²) in [4.78, 5) is 13.0. The summed E-state index contributed by atoms with van der Waals surface area (Å²) >= 11 is 0. The molecule has 0 amide bonds. The Morgan fingerprint density at radius 2 is 1.61 bits per heavy atom. The van der Waals surface area contributed by atoms with Crippen LogP contribution in [0.5, 0.6) is 0 Å². The lowest BCUT2D eigenvalue weighted by Gasteiger charge is -2.54. The number of carbonyl (C=O) groups excluding carboxylic acids is 1. The van der Waals surface area contributed by atoms with Crippen molar-refractivity contribution in [1.29, 1.82) is 0 Å². The number of ether oxygens (including phenoxy) is 2. The molecule has 5 rings (SSSR count). The third-order valence-corrected chi connectivity index (χ3v) is 12.2. The summed E-state index contributed by atoms with van der Waals surface area (Å²) in [6.45, 7) is 18.2. The zero-order valence-corrected chi connectivity index (χ0v) is 26.8. The van der Waals surface area contributed by atoms with Crippen molar-refractivity contribution >= 4 is 5.97 Å². The van der Waals surface area contributed by atoms with Crippen LogP contribution in [-0.2, 0) is 9.47 Å². The van der Waals surface area contributed by atoms with E-state index in [0.717, 1.165) is 44.9 Å². The van der Waals surface area contributed by atoms with Crippen LogP contribution in [0, 0.1) is 34.5 Å². The van der Waals surface area contributed by atoms with E-state index in [4.69, 9.17) is 9.47 Å². The minimum absolute atomic E-state index is 0.0213. The number of esters is 1. The van der Waals surface area contributed by atoms with E-state index in [0.29, 0.717) is 23.3 Å². The van der Waals surface area contributed by atoms with Crippen LogP contribution in [-0.4, -0.2) is 34.5 Å². The number of benzene rings is 1. The largest absolute Gasteiger partial charge is 0.456 e.